The van der Waals surface area contributed by atoms with Crippen molar-refractivity contribution in [2.45, 2.75) is 40.3 Å². The van der Waals surface area contributed by atoms with E-state index in [4.69, 9.17) is 4.42 Å². The lowest BCUT2D eigenvalue weighted by molar-refractivity contribution is -0.130. The summed E-state index contributed by atoms with van der Waals surface area (Å²) in [5.41, 5.74) is 6.32. The first-order valence-corrected chi connectivity index (χ1v) is 8.22. The van der Waals surface area contributed by atoms with Gasteiger partial charge in [-0.25, -0.2) is 0 Å². The predicted molar refractivity (Wildman–Crippen MR) is 92.8 cm³/mol. The van der Waals surface area contributed by atoms with E-state index in [2.05, 4.69) is 21.3 Å². The highest BCUT2D eigenvalue weighted by Crippen LogP contribution is 2.06. The van der Waals surface area contributed by atoms with Crippen LogP contribution in [0.25, 0.3) is 0 Å². The van der Waals surface area contributed by atoms with Crippen LogP contribution in [0, 0.1) is 19.8 Å². The van der Waals surface area contributed by atoms with Crippen molar-refractivity contribution in [2.75, 3.05) is 0 Å². The molecule has 0 aromatic carbocycles. The normalized spacial score (nSPS) is 11.9. The van der Waals surface area contributed by atoms with Crippen molar-refractivity contribution < 1.29 is 18.8 Å². The number of hydrazine groups is 1. The lowest BCUT2D eigenvalue weighted by Crippen LogP contribution is -2.54. The zero-order chi connectivity index (χ0) is 19.3. The SMILES string of the molecule is Cc1cc(C)n(CC(=O)NNC(=O)[C@@H](NC(=O)c2ccco2)C(C)C)n1. The fourth-order valence-corrected chi connectivity index (χ4v) is 2.37. The van der Waals surface area contributed by atoms with Gasteiger partial charge in [-0.1, -0.05) is 13.8 Å². The quantitative estimate of drug-likeness (QED) is 0.655. The Hall–Kier alpha value is -3.10. The molecule has 0 aliphatic rings. The van der Waals surface area contributed by atoms with Crippen molar-refractivity contribution in [2.24, 2.45) is 5.92 Å². The third-order valence-electron chi connectivity index (χ3n) is 3.70. The summed E-state index contributed by atoms with van der Waals surface area (Å²) in [6.07, 6.45) is 1.37. The van der Waals surface area contributed by atoms with Gasteiger partial charge < -0.3 is 9.73 Å². The summed E-state index contributed by atoms with van der Waals surface area (Å²) in [7, 11) is 0. The van der Waals surface area contributed by atoms with Crippen molar-refractivity contribution in [3.8, 4) is 0 Å². The molecule has 3 N–H and O–H groups in total. The van der Waals surface area contributed by atoms with Crippen molar-refractivity contribution in [3.05, 3.63) is 41.6 Å². The molecule has 0 unspecified atom stereocenters. The molecular formula is C17H23N5O4. The van der Waals surface area contributed by atoms with E-state index in [0.29, 0.717) is 0 Å². The minimum Gasteiger partial charge on any atom is -0.459 e. The fourth-order valence-electron chi connectivity index (χ4n) is 2.37. The Kier molecular flexibility index (Phi) is 6.16. The Labute approximate surface area is 151 Å². The molecule has 0 spiro atoms. The highest BCUT2D eigenvalue weighted by molar-refractivity contribution is 5.95. The van der Waals surface area contributed by atoms with Crippen LogP contribution < -0.4 is 16.2 Å². The molecule has 2 heterocycles. The smallest absolute Gasteiger partial charge is 0.287 e. The largest absolute Gasteiger partial charge is 0.459 e. The third-order valence-corrected chi connectivity index (χ3v) is 3.70. The number of aryl methyl sites for hydroxylation is 2. The maximum atomic E-state index is 12.3. The summed E-state index contributed by atoms with van der Waals surface area (Å²) in [5, 5.41) is 6.78. The van der Waals surface area contributed by atoms with E-state index in [1.165, 1.54) is 17.0 Å². The Balaban J connectivity index is 1.89. The molecule has 0 bridgehead atoms. The third kappa shape index (κ3) is 4.95. The number of nitrogens with zero attached hydrogens (tertiary/aromatic N) is 2. The zero-order valence-electron chi connectivity index (χ0n) is 15.2. The van der Waals surface area contributed by atoms with E-state index in [0.717, 1.165) is 11.4 Å². The standard InChI is InChI=1S/C17H23N5O4/c1-10(2)15(18-16(24)13-6-5-7-26-13)17(25)20-19-14(23)9-22-12(4)8-11(3)21-22/h5-8,10,15H,9H2,1-4H3,(H,18,24)(H,19,23)(H,20,25)/t15-/m0/s1. The lowest BCUT2D eigenvalue weighted by atomic mass is 10.0. The molecule has 2 rings (SSSR count). The molecule has 26 heavy (non-hydrogen) atoms. The summed E-state index contributed by atoms with van der Waals surface area (Å²) in [4.78, 5) is 36.4. The first kappa shape index (κ1) is 19.2. The number of rotatable bonds is 6. The fraction of sp³-hybridized carbons (Fsp3) is 0.412. The number of furan rings is 1. The summed E-state index contributed by atoms with van der Waals surface area (Å²) in [5.74, 6) is -1.54. The molecule has 1 atom stereocenters. The second kappa shape index (κ2) is 8.32. The topological polar surface area (TPSA) is 118 Å². The van der Waals surface area contributed by atoms with Crippen LogP contribution in [0.3, 0.4) is 0 Å². The number of aromatic nitrogens is 2. The molecule has 0 saturated carbocycles. The Bertz CT molecular complexity index is 779. The molecule has 0 aliphatic carbocycles. The zero-order valence-corrected chi connectivity index (χ0v) is 15.2. The van der Waals surface area contributed by atoms with Gasteiger partial charge in [0.15, 0.2) is 5.76 Å². The number of amides is 3. The van der Waals surface area contributed by atoms with Crippen LogP contribution in [-0.2, 0) is 16.1 Å². The second-order valence-corrected chi connectivity index (χ2v) is 6.29. The molecule has 3 amide bonds. The molecule has 2 aromatic heterocycles. The van der Waals surface area contributed by atoms with Gasteiger partial charge in [0.05, 0.1) is 12.0 Å². The molecule has 9 heteroatoms. The molecule has 2 aromatic rings. The second-order valence-electron chi connectivity index (χ2n) is 6.29. The van der Waals surface area contributed by atoms with Crippen LogP contribution in [0.2, 0.25) is 0 Å². The van der Waals surface area contributed by atoms with Gasteiger partial charge in [-0.2, -0.15) is 5.10 Å². The van der Waals surface area contributed by atoms with E-state index in [1.54, 1.807) is 19.9 Å². The summed E-state index contributed by atoms with van der Waals surface area (Å²) < 4.78 is 6.55. The summed E-state index contributed by atoms with van der Waals surface area (Å²) in [6, 6.07) is 4.10. The highest BCUT2D eigenvalue weighted by Gasteiger charge is 2.26. The molecular weight excluding hydrogens is 338 g/mol. The summed E-state index contributed by atoms with van der Waals surface area (Å²) >= 11 is 0. The van der Waals surface area contributed by atoms with Crippen LogP contribution in [-0.4, -0.2) is 33.5 Å². The van der Waals surface area contributed by atoms with E-state index in [1.807, 2.05) is 19.9 Å². The van der Waals surface area contributed by atoms with Gasteiger partial charge >= 0.3 is 0 Å². The maximum Gasteiger partial charge on any atom is 0.287 e. The van der Waals surface area contributed by atoms with Crippen LogP contribution in [0.4, 0.5) is 0 Å². The number of hydrogen-bond donors (Lipinski definition) is 3. The Morgan fingerprint density at radius 2 is 1.96 bits per heavy atom. The Morgan fingerprint density at radius 1 is 1.23 bits per heavy atom. The van der Waals surface area contributed by atoms with Crippen molar-refractivity contribution in [3.63, 3.8) is 0 Å². The van der Waals surface area contributed by atoms with Gasteiger partial charge in [-0.05, 0) is 38.0 Å². The van der Waals surface area contributed by atoms with E-state index < -0.39 is 23.8 Å². The van der Waals surface area contributed by atoms with E-state index >= 15 is 0 Å². The van der Waals surface area contributed by atoms with Crippen molar-refractivity contribution >= 4 is 17.7 Å². The van der Waals surface area contributed by atoms with Crippen LogP contribution >= 0.6 is 0 Å². The monoisotopic (exact) mass is 361 g/mol. The van der Waals surface area contributed by atoms with Crippen LogP contribution in [0.1, 0.15) is 35.8 Å². The highest BCUT2D eigenvalue weighted by atomic mass is 16.3. The Morgan fingerprint density at radius 3 is 2.50 bits per heavy atom. The average Bonchev–Trinajstić information content (AvgIpc) is 3.20. The van der Waals surface area contributed by atoms with Gasteiger partial charge in [-0.15, -0.1) is 0 Å². The minimum atomic E-state index is -0.832. The number of carbonyl (C=O) groups is 3. The van der Waals surface area contributed by atoms with Crippen molar-refractivity contribution in [1.82, 2.24) is 25.9 Å². The maximum absolute atomic E-state index is 12.3. The van der Waals surface area contributed by atoms with Crippen LogP contribution in [0.15, 0.2) is 28.9 Å². The molecule has 9 nitrogen and oxygen atoms in total. The average molecular weight is 361 g/mol. The number of nitrogens with one attached hydrogen (secondary N) is 3. The van der Waals surface area contributed by atoms with Gasteiger partial charge in [0.25, 0.3) is 17.7 Å². The van der Waals surface area contributed by atoms with Crippen LogP contribution in [0.5, 0.6) is 0 Å². The molecule has 0 radical (unpaired) electrons. The van der Waals surface area contributed by atoms with Gasteiger partial charge in [0.1, 0.15) is 12.6 Å². The molecule has 140 valence electrons. The number of hydrogen-bond acceptors (Lipinski definition) is 5. The molecule has 0 aliphatic heterocycles. The van der Waals surface area contributed by atoms with E-state index in [-0.39, 0.29) is 18.2 Å². The van der Waals surface area contributed by atoms with Gasteiger partial charge in [-0.3, -0.25) is 29.9 Å². The van der Waals surface area contributed by atoms with Crippen molar-refractivity contribution in [1.29, 1.82) is 0 Å². The minimum absolute atomic E-state index is 0.0228. The first-order chi connectivity index (χ1) is 12.3. The first-order valence-electron chi connectivity index (χ1n) is 8.22. The number of carbonyl (C=O) groups excluding carboxylic acids is 3. The van der Waals surface area contributed by atoms with E-state index in [9.17, 15) is 14.4 Å². The lowest BCUT2D eigenvalue weighted by Gasteiger charge is -2.21. The predicted octanol–water partition coefficient (Wildman–Crippen LogP) is 0.695. The van der Waals surface area contributed by atoms with Gasteiger partial charge in [0, 0.05) is 5.69 Å². The summed E-state index contributed by atoms with van der Waals surface area (Å²) in [6.45, 7) is 7.21. The molecule has 0 fully saturated rings. The molecule has 0 saturated heterocycles. The van der Waals surface area contributed by atoms with Gasteiger partial charge in [0.2, 0.25) is 0 Å².